The van der Waals surface area contributed by atoms with Gasteiger partial charge in [0.2, 0.25) is 0 Å². The first-order valence-corrected chi connectivity index (χ1v) is 8.44. The molecule has 132 valence electrons. The quantitative estimate of drug-likeness (QED) is 0.620. The number of anilines is 1. The molecule has 0 unspecified atom stereocenters. The standard InChI is InChI=1S/C19H23N3O3/c1-15-8-9-18(25-15)16(2)20-24-14-19(23)22-12-10-21(11-13-22)17-6-4-3-5-7-17/h3-9H,10-14H2,1-2H3/b20-16-. The molecule has 0 aliphatic carbocycles. The van der Waals surface area contributed by atoms with E-state index >= 15 is 0 Å². The van der Waals surface area contributed by atoms with Gasteiger partial charge < -0.3 is 19.1 Å². The van der Waals surface area contributed by atoms with E-state index in [0.29, 0.717) is 24.6 Å². The first-order valence-electron chi connectivity index (χ1n) is 8.44. The van der Waals surface area contributed by atoms with Gasteiger partial charge in [-0.15, -0.1) is 0 Å². The summed E-state index contributed by atoms with van der Waals surface area (Å²) in [6.07, 6.45) is 0. The molecule has 1 aliphatic heterocycles. The Labute approximate surface area is 147 Å². The van der Waals surface area contributed by atoms with E-state index in [0.717, 1.165) is 18.8 Å². The number of para-hydroxylation sites is 1. The average molecular weight is 341 g/mol. The van der Waals surface area contributed by atoms with E-state index in [1.807, 2.05) is 42.2 Å². The van der Waals surface area contributed by atoms with Crippen LogP contribution in [-0.4, -0.2) is 49.3 Å². The summed E-state index contributed by atoms with van der Waals surface area (Å²) in [5, 5.41) is 3.97. The molecule has 3 rings (SSSR count). The number of furan rings is 1. The highest BCUT2D eigenvalue weighted by Gasteiger charge is 2.21. The summed E-state index contributed by atoms with van der Waals surface area (Å²) in [6, 6.07) is 14.0. The summed E-state index contributed by atoms with van der Waals surface area (Å²) < 4.78 is 5.46. The largest absolute Gasteiger partial charge is 0.460 e. The van der Waals surface area contributed by atoms with E-state index in [2.05, 4.69) is 22.2 Å². The van der Waals surface area contributed by atoms with Gasteiger partial charge in [-0.2, -0.15) is 0 Å². The molecule has 2 heterocycles. The Kier molecular flexibility index (Phi) is 5.38. The van der Waals surface area contributed by atoms with Gasteiger partial charge in [-0.05, 0) is 38.1 Å². The average Bonchev–Trinajstić information content (AvgIpc) is 3.09. The van der Waals surface area contributed by atoms with Crippen molar-refractivity contribution >= 4 is 17.3 Å². The number of oxime groups is 1. The lowest BCUT2D eigenvalue weighted by Gasteiger charge is -2.35. The fourth-order valence-corrected chi connectivity index (χ4v) is 2.80. The minimum atomic E-state index is -0.0532. The fraction of sp³-hybridized carbons (Fsp3) is 0.368. The Morgan fingerprint density at radius 2 is 1.84 bits per heavy atom. The zero-order chi connectivity index (χ0) is 17.6. The van der Waals surface area contributed by atoms with E-state index in [4.69, 9.17) is 9.25 Å². The summed E-state index contributed by atoms with van der Waals surface area (Å²) in [7, 11) is 0. The van der Waals surface area contributed by atoms with Gasteiger partial charge in [0.1, 0.15) is 11.5 Å². The lowest BCUT2D eigenvalue weighted by Crippen LogP contribution is -2.49. The maximum absolute atomic E-state index is 12.3. The number of hydrogen-bond acceptors (Lipinski definition) is 5. The zero-order valence-corrected chi connectivity index (χ0v) is 14.6. The van der Waals surface area contributed by atoms with Crippen LogP contribution in [0.2, 0.25) is 0 Å². The molecule has 6 nitrogen and oxygen atoms in total. The molecular formula is C19H23N3O3. The van der Waals surface area contributed by atoms with E-state index < -0.39 is 0 Å². The van der Waals surface area contributed by atoms with E-state index in [9.17, 15) is 4.79 Å². The van der Waals surface area contributed by atoms with E-state index in [-0.39, 0.29) is 12.5 Å². The molecule has 1 aromatic heterocycles. The smallest absolute Gasteiger partial charge is 0.263 e. The van der Waals surface area contributed by atoms with Crippen LogP contribution < -0.4 is 4.90 Å². The highest BCUT2D eigenvalue weighted by Crippen LogP contribution is 2.15. The first kappa shape index (κ1) is 17.1. The maximum atomic E-state index is 12.3. The summed E-state index contributed by atoms with van der Waals surface area (Å²) >= 11 is 0. The number of rotatable bonds is 5. The second-order valence-corrected chi connectivity index (χ2v) is 6.06. The van der Waals surface area contributed by atoms with Gasteiger partial charge in [0.15, 0.2) is 12.4 Å². The SMILES string of the molecule is C/C(=N/OCC(=O)N1CCN(c2ccccc2)CC1)c1ccc(C)o1. The molecule has 0 bridgehead atoms. The fourth-order valence-electron chi connectivity index (χ4n) is 2.80. The monoisotopic (exact) mass is 341 g/mol. The molecule has 1 aliphatic rings. The molecule has 0 N–H and O–H groups in total. The minimum absolute atomic E-state index is 0.0418. The molecule has 1 fully saturated rings. The molecular weight excluding hydrogens is 318 g/mol. The third-order valence-corrected chi connectivity index (χ3v) is 4.24. The topological polar surface area (TPSA) is 58.3 Å². The molecule has 0 saturated carbocycles. The second kappa shape index (κ2) is 7.88. The lowest BCUT2D eigenvalue weighted by molar-refractivity contribution is -0.136. The Bertz CT molecular complexity index is 731. The number of aryl methyl sites for hydroxylation is 1. The van der Waals surface area contributed by atoms with Crippen LogP contribution in [0.5, 0.6) is 0 Å². The predicted octanol–water partition coefficient (Wildman–Crippen LogP) is 2.68. The van der Waals surface area contributed by atoms with Crippen LogP contribution in [0.25, 0.3) is 0 Å². The van der Waals surface area contributed by atoms with Gasteiger partial charge in [-0.25, -0.2) is 0 Å². The van der Waals surface area contributed by atoms with Gasteiger partial charge in [-0.1, -0.05) is 23.4 Å². The van der Waals surface area contributed by atoms with Crippen molar-refractivity contribution in [3.05, 3.63) is 54.0 Å². The maximum Gasteiger partial charge on any atom is 0.263 e. The van der Waals surface area contributed by atoms with Crippen molar-refractivity contribution in [2.75, 3.05) is 37.7 Å². The summed E-state index contributed by atoms with van der Waals surface area (Å²) in [6.45, 7) is 6.64. The molecule has 0 spiro atoms. The van der Waals surface area contributed by atoms with Crippen molar-refractivity contribution in [2.24, 2.45) is 5.16 Å². The third kappa shape index (κ3) is 4.41. The van der Waals surface area contributed by atoms with Gasteiger partial charge in [0, 0.05) is 31.9 Å². The molecule has 6 heteroatoms. The van der Waals surface area contributed by atoms with Crippen molar-refractivity contribution < 1.29 is 14.0 Å². The Hall–Kier alpha value is -2.76. The second-order valence-electron chi connectivity index (χ2n) is 6.06. The lowest BCUT2D eigenvalue weighted by atomic mass is 10.2. The van der Waals surface area contributed by atoms with Crippen molar-refractivity contribution in [1.82, 2.24) is 4.90 Å². The first-order chi connectivity index (χ1) is 12.1. The molecule has 1 aromatic carbocycles. The van der Waals surface area contributed by atoms with Crippen LogP contribution in [0.1, 0.15) is 18.4 Å². The number of carbonyl (C=O) groups is 1. The highest BCUT2D eigenvalue weighted by molar-refractivity contribution is 5.95. The van der Waals surface area contributed by atoms with Crippen molar-refractivity contribution in [3.8, 4) is 0 Å². The van der Waals surface area contributed by atoms with Crippen molar-refractivity contribution in [3.63, 3.8) is 0 Å². The summed E-state index contributed by atoms with van der Waals surface area (Å²) in [5.74, 6) is 1.43. The number of benzene rings is 1. The number of nitrogens with zero attached hydrogens (tertiary/aromatic N) is 3. The Balaban J connectivity index is 1.45. The molecule has 2 aromatic rings. The predicted molar refractivity (Wildman–Crippen MR) is 96.8 cm³/mol. The number of carbonyl (C=O) groups excluding carboxylic acids is 1. The van der Waals surface area contributed by atoms with E-state index in [1.54, 1.807) is 6.92 Å². The molecule has 0 atom stereocenters. The molecule has 25 heavy (non-hydrogen) atoms. The van der Waals surface area contributed by atoms with Gasteiger partial charge >= 0.3 is 0 Å². The number of piperazine rings is 1. The molecule has 1 saturated heterocycles. The normalized spacial score (nSPS) is 15.4. The van der Waals surface area contributed by atoms with Crippen molar-refractivity contribution in [1.29, 1.82) is 0 Å². The van der Waals surface area contributed by atoms with Crippen LogP contribution in [0, 0.1) is 6.92 Å². The van der Waals surface area contributed by atoms with Crippen LogP contribution in [0.3, 0.4) is 0 Å². The van der Waals surface area contributed by atoms with Gasteiger partial charge in [-0.3, -0.25) is 4.79 Å². The Morgan fingerprint density at radius 3 is 2.48 bits per heavy atom. The van der Waals surface area contributed by atoms with Gasteiger partial charge in [0.05, 0.1) is 0 Å². The zero-order valence-electron chi connectivity index (χ0n) is 14.6. The number of hydrogen-bond donors (Lipinski definition) is 0. The molecule has 0 radical (unpaired) electrons. The Morgan fingerprint density at radius 1 is 1.12 bits per heavy atom. The van der Waals surface area contributed by atoms with Crippen LogP contribution >= 0.6 is 0 Å². The van der Waals surface area contributed by atoms with Crippen LogP contribution in [0.15, 0.2) is 52.0 Å². The van der Waals surface area contributed by atoms with Crippen molar-refractivity contribution in [2.45, 2.75) is 13.8 Å². The van der Waals surface area contributed by atoms with Crippen LogP contribution in [0.4, 0.5) is 5.69 Å². The highest BCUT2D eigenvalue weighted by atomic mass is 16.6. The molecule has 1 amide bonds. The summed E-state index contributed by atoms with van der Waals surface area (Å²) in [4.78, 5) is 21.6. The van der Waals surface area contributed by atoms with E-state index in [1.165, 1.54) is 5.69 Å². The third-order valence-electron chi connectivity index (χ3n) is 4.24. The minimum Gasteiger partial charge on any atom is -0.460 e. The van der Waals surface area contributed by atoms with Gasteiger partial charge in [0.25, 0.3) is 5.91 Å². The number of amides is 1. The summed E-state index contributed by atoms with van der Waals surface area (Å²) in [5.41, 5.74) is 1.81. The van der Waals surface area contributed by atoms with Crippen LogP contribution in [-0.2, 0) is 9.63 Å².